The molecule has 7 unspecified atom stereocenters. The largest absolute Gasteiger partial charge is 0.486 e. The average Bonchev–Trinajstić information content (AvgIpc) is 3.60. The molecule has 4 fully saturated rings. The average molecular weight is 828 g/mol. The summed E-state index contributed by atoms with van der Waals surface area (Å²) in [4.78, 5) is 14.3. The molecule has 2 aromatic carbocycles. The first kappa shape index (κ1) is 42.5. The minimum absolute atomic E-state index is 0.00137. The van der Waals surface area contributed by atoms with Gasteiger partial charge < -0.3 is 19.9 Å². The van der Waals surface area contributed by atoms with Crippen LogP contribution in [0, 0.1) is 39.9 Å². The number of hydrogen-bond acceptors (Lipinski definition) is 7. The minimum atomic E-state index is -3.62. The second-order valence-corrected chi connectivity index (χ2v) is 22.1. The van der Waals surface area contributed by atoms with E-state index in [1.165, 1.54) is 68.9 Å². The zero-order valence-corrected chi connectivity index (χ0v) is 37.2. The lowest BCUT2D eigenvalue weighted by molar-refractivity contribution is -0.158. The third-order valence-corrected chi connectivity index (χ3v) is 18.8. The van der Waals surface area contributed by atoms with Crippen LogP contribution in [0.25, 0.3) is 5.57 Å². The predicted molar refractivity (Wildman–Crippen MR) is 234 cm³/mol. The molecule has 2 aliphatic heterocycles. The van der Waals surface area contributed by atoms with Crippen LogP contribution in [-0.2, 0) is 10.0 Å². The van der Waals surface area contributed by atoms with E-state index in [2.05, 4.69) is 57.5 Å². The first-order chi connectivity index (χ1) is 28.1. The fraction of sp³-hybridized carbons (Fsp3) is 0.653. The molecule has 3 saturated carbocycles. The van der Waals surface area contributed by atoms with Crippen LogP contribution in [0.5, 0.6) is 11.5 Å². The highest BCUT2D eigenvalue weighted by atomic mass is 32.2. The van der Waals surface area contributed by atoms with Gasteiger partial charge in [0.25, 0.3) is 0 Å². The Bertz CT molecular complexity index is 2040. The number of hydrogen-bond donors (Lipinski definition) is 2. The highest BCUT2D eigenvalue weighted by Gasteiger charge is 2.65. The van der Waals surface area contributed by atoms with E-state index < -0.39 is 16.0 Å². The quantitative estimate of drug-likeness (QED) is 0.241. The fourth-order valence-corrected chi connectivity index (χ4v) is 14.8. The van der Waals surface area contributed by atoms with Gasteiger partial charge in [0.2, 0.25) is 10.0 Å². The molecule has 2 N–H and O–H groups in total. The number of sulfonamides is 1. The number of nitrogens with zero attached hydrogens (tertiary/aromatic N) is 2. The third kappa shape index (κ3) is 7.71. The van der Waals surface area contributed by atoms with Crippen LogP contribution in [0.4, 0.5) is 0 Å². The van der Waals surface area contributed by atoms with E-state index in [0.717, 1.165) is 44.6 Å². The van der Waals surface area contributed by atoms with Crippen molar-refractivity contribution in [2.24, 2.45) is 39.9 Å². The van der Waals surface area contributed by atoms with Crippen LogP contribution in [0.3, 0.4) is 0 Å². The van der Waals surface area contributed by atoms with Crippen LogP contribution in [0.1, 0.15) is 121 Å². The summed E-state index contributed by atoms with van der Waals surface area (Å²) in [7, 11) is -3.62. The molecule has 4 aliphatic carbocycles. The topological polar surface area (TPSA) is 108 Å². The van der Waals surface area contributed by atoms with Crippen molar-refractivity contribution >= 4 is 21.6 Å². The van der Waals surface area contributed by atoms with Crippen molar-refractivity contribution in [2.45, 2.75) is 116 Å². The summed E-state index contributed by atoms with van der Waals surface area (Å²) in [5, 5.41) is 13.8. The van der Waals surface area contributed by atoms with Gasteiger partial charge >= 0.3 is 5.97 Å². The van der Waals surface area contributed by atoms with Crippen LogP contribution in [0.2, 0.25) is 0 Å². The summed E-state index contributed by atoms with van der Waals surface area (Å²) in [5.41, 5.74) is 4.85. The summed E-state index contributed by atoms with van der Waals surface area (Å²) in [5.74, 6) is 2.68. The highest BCUT2D eigenvalue weighted by Crippen LogP contribution is 2.70. The normalized spacial score (nSPS) is 33.8. The number of nitrogens with one attached hydrogen (secondary N) is 1. The molecule has 10 heteroatoms. The van der Waals surface area contributed by atoms with E-state index in [1.807, 2.05) is 12.1 Å². The van der Waals surface area contributed by atoms with Crippen molar-refractivity contribution in [1.82, 2.24) is 14.5 Å². The molecule has 6 aliphatic rings. The second-order valence-electron chi connectivity index (χ2n) is 20.2. The van der Waals surface area contributed by atoms with Gasteiger partial charge in [0, 0.05) is 50.9 Å². The Morgan fingerprint density at radius 1 is 0.864 bits per heavy atom. The number of ether oxygens (including phenoxy) is 2. The Balaban J connectivity index is 0.938. The van der Waals surface area contributed by atoms with Crippen molar-refractivity contribution in [3.63, 3.8) is 0 Å². The molecule has 0 aromatic heterocycles. The third-order valence-electron chi connectivity index (χ3n) is 16.9. The maximum atomic E-state index is 13.6. The summed E-state index contributed by atoms with van der Waals surface area (Å²) in [6.07, 6.45) is 15.8. The number of piperazine rings is 1. The SMILES string of the molecule is C=C(C)C1CCC2(NCCN3CCN(S(=O)(=O)c4ccc5c(c4)OCCO5)CC3)CCC3(C)C(CCC4CCC=C(c5ccc(C(=O)O)cc5)C(C)(C)CCCC43C)C12. The van der Waals surface area contributed by atoms with Gasteiger partial charge in [-0.3, -0.25) is 4.90 Å². The molecule has 0 amide bonds. The van der Waals surface area contributed by atoms with E-state index >= 15 is 0 Å². The molecule has 0 bridgehead atoms. The first-order valence-electron chi connectivity index (χ1n) is 22.7. The van der Waals surface area contributed by atoms with E-state index in [9.17, 15) is 18.3 Å². The molecule has 8 rings (SSSR count). The Morgan fingerprint density at radius 2 is 1.59 bits per heavy atom. The Morgan fingerprint density at radius 3 is 2.31 bits per heavy atom. The molecule has 0 radical (unpaired) electrons. The number of benzene rings is 2. The van der Waals surface area contributed by atoms with Crippen LogP contribution < -0.4 is 14.8 Å². The molecule has 2 aromatic rings. The Labute approximate surface area is 354 Å². The van der Waals surface area contributed by atoms with Gasteiger partial charge in [-0.05, 0) is 146 Å². The van der Waals surface area contributed by atoms with Crippen LogP contribution in [0.15, 0.2) is 65.6 Å². The molecule has 2 heterocycles. The van der Waals surface area contributed by atoms with Gasteiger partial charge in [0.15, 0.2) is 11.5 Å². The first-order valence-corrected chi connectivity index (χ1v) is 24.1. The van der Waals surface area contributed by atoms with Gasteiger partial charge in [-0.25, -0.2) is 13.2 Å². The van der Waals surface area contributed by atoms with Crippen LogP contribution >= 0.6 is 0 Å². The number of aromatic carboxylic acids is 1. The zero-order chi connectivity index (χ0) is 41.8. The molecule has 322 valence electrons. The molecular formula is C49H69N3O6S. The number of carbonyl (C=O) groups is 1. The summed E-state index contributed by atoms with van der Waals surface area (Å²) >= 11 is 0. The number of allylic oxidation sites excluding steroid dienone is 3. The van der Waals surface area contributed by atoms with Gasteiger partial charge in [0.1, 0.15) is 13.2 Å². The van der Waals surface area contributed by atoms with Gasteiger partial charge in [-0.15, -0.1) is 0 Å². The number of rotatable bonds is 9. The van der Waals surface area contributed by atoms with E-state index in [-0.39, 0.29) is 26.7 Å². The standard InChI is InChI=1S/C49H69N3O6S/c1-34(2)39-19-22-49(50-25-26-51-27-29-52(30-28-51)59(55,56)38-16-18-42-43(33-38)58-32-31-57-42)24-23-48(6)41(44(39)49)17-15-37-9-7-10-40(35-11-13-36(14-12-35)45(53)54)46(3,4)20-8-21-47(37,48)5/h10-14,16,18,33,37,39,41,44,50H,1,7-9,15,17,19-32H2,2-6H3,(H,53,54). The minimum Gasteiger partial charge on any atom is -0.486 e. The van der Waals surface area contributed by atoms with E-state index in [4.69, 9.17) is 9.47 Å². The van der Waals surface area contributed by atoms with Gasteiger partial charge in [-0.2, -0.15) is 4.31 Å². The van der Waals surface area contributed by atoms with E-state index in [1.54, 1.807) is 34.6 Å². The molecule has 1 saturated heterocycles. The van der Waals surface area contributed by atoms with Crippen molar-refractivity contribution in [3.8, 4) is 11.5 Å². The number of carboxylic acid groups (broad SMARTS) is 1. The van der Waals surface area contributed by atoms with Crippen molar-refractivity contribution < 1.29 is 27.8 Å². The molecule has 7 atom stereocenters. The predicted octanol–water partition coefficient (Wildman–Crippen LogP) is 9.30. The maximum Gasteiger partial charge on any atom is 0.335 e. The van der Waals surface area contributed by atoms with E-state index in [0.29, 0.717) is 67.0 Å². The molecule has 9 nitrogen and oxygen atoms in total. The van der Waals surface area contributed by atoms with Gasteiger partial charge in [0.05, 0.1) is 10.5 Å². The second kappa shape index (κ2) is 16.3. The highest BCUT2D eigenvalue weighted by molar-refractivity contribution is 7.89. The lowest BCUT2D eigenvalue weighted by atomic mass is 9.39. The summed E-state index contributed by atoms with van der Waals surface area (Å²) in [6.45, 7) is 22.2. The van der Waals surface area contributed by atoms with Crippen LogP contribution in [-0.4, -0.2) is 86.7 Å². The maximum absolute atomic E-state index is 13.6. The lowest BCUT2D eigenvalue weighted by Gasteiger charge is -2.66. The van der Waals surface area contributed by atoms with Crippen molar-refractivity contribution in [3.05, 3.63) is 71.8 Å². The smallest absolute Gasteiger partial charge is 0.335 e. The number of carboxylic acids is 1. The summed E-state index contributed by atoms with van der Waals surface area (Å²) < 4.78 is 40.2. The molecular weight excluding hydrogens is 759 g/mol. The number of fused-ring (bicyclic) bond motifs is 6. The molecule has 59 heavy (non-hydrogen) atoms. The molecule has 0 spiro atoms. The zero-order valence-electron chi connectivity index (χ0n) is 36.4. The fourth-order valence-electron chi connectivity index (χ4n) is 13.4. The lowest BCUT2D eigenvalue weighted by Crippen LogP contribution is -2.65. The van der Waals surface area contributed by atoms with Crippen molar-refractivity contribution in [1.29, 1.82) is 0 Å². The van der Waals surface area contributed by atoms with Crippen molar-refractivity contribution in [2.75, 3.05) is 52.5 Å². The monoisotopic (exact) mass is 827 g/mol. The summed E-state index contributed by atoms with van der Waals surface area (Å²) in [6, 6.07) is 12.5. The Kier molecular flexibility index (Phi) is 11.7. The Hall–Kier alpha value is -3.18. The van der Waals surface area contributed by atoms with Gasteiger partial charge in [-0.1, -0.05) is 64.5 Å².